The van der Waals surface area contributed by atoms with E-state index in [2.05, 4.69) is 0 Å². The maximum atomic E-state index is 12.0. The topological polar surface area (TPSA) is 44.8 Å². The Bertz CT molecular complexity index is 242. The van der Waals surface area contributed by atoms with Gasteiger partial charge in [-0.3, -0.25) is 4.79 Å². The van der Waals surface area contributed by atoms with Gasteiger partial charge in [-0.1, -0.05) is 0 Å². The van der Waals surface area contributed by atoms with Crippen molar-refractivity contribution >= 4 is 5.78 Å². The molecule has 98 valence electrons. The maximum Gasteiger partial charge on any atom is 0.138 e. The Hall–Kier alpha value is -0.450. The van der Waals surface area contributed by atoms with Crippen LogP contribution in [0.5, 0.6) is 0 Å². The molecular formula is C13H22O4. The normalized spacial score (nSPS) is 31.7. The summed E-state index contributed by atoms with van der Waals surface area (Å²) in [6, 6.07) is 0. The monoisotopic (exact) mass is 242 g/mol. The lowest BCUT2D eigenvalue weighted by atomic mass is 9.90. The van der Waals surface area contributed by atoms with Crippen molar-refractivity contribution in [2.24, 2.45) is 5.92 Å². The average molecular weight is 242 g/mol. The van der Waals surface area contributed by atoms with Crippen molar-refractivity contribution in [2.75, 3.05) is 26.9 Å². The van der Waals surface area contributed by atoms with Crippen molar-refractivity contribution < 1.29 is 19.0 Å². The van der Waals surface area contributed by atoms with Crippen LogP contribution in [0.3, 0.4) is 0 Å². The molecule has 2 atom stereocenters. The van der Waals surface area contributed by atoms with Gasteiger partial charge in [0.25, 0.3) is 0 Å². The third-order valence-electron chi connectivity index (χ3n) is 3.67. The summed E-state index contributed by atoms with van der Waals surface area (Å²) in [4.78, 5) is 12.0. The van der Waals surface area contributed by atoms with E-state index in [4.69, 9.17) is 14.2 Å². The number of hydrogen-bond acceptors (Lipinski definition) is 4. The van der Waals surface area contributed by atoms with Crippen molar-refractivity contribution in [3.8, 4) is 0 Å². The summed E-state index contributed by atoms with van der Waals surface area (Å²) in [6.07, 6.45) is 5.35. The van der Waals surface area contributed by atoms with Crippen molar-refractivity contribution in [3.63, 3.8) is 0 Å². The van der Waals surface area contributed by atoms with Gasteiger partial charge in [-0.25, -0.2) is 0 Å². The number of carbonyl (C=O) groups is 1. The molecular weight excluding hydrogens is 220 g/mol. The molecule has 2 rings (SSSR count). The largest absolute Gasteiger partial charge is 0.382 e. The van der Waals surface area contributed by atoms with E-state index in [1.165, 1.54) is 0 Å². The molecule has 0 radical (unpaired) electrons. The van der Waals surface area contributed by atoms with Crippen LogP contribution in [0.2, 0.25) is 0 Å². The zero-order chi connectivity index (χ0) is 12.1. The molecule has 0 N–H and O–H groups in total. The van der Waals surface area contributed by atoms with Crippen molar-refractivity contribution in [1.29, 1.82) is 0 Å². The van der Waals surface area contributed by atoms with E-state index < -0.39 is 0 Å². The van der Waals surface area contributed by atoms with Gasteiger partial charge in [0, 0.05) is 19.4 Å². The second kappa shape index (κ2) is 6.47. The van der Waals surface area contributed by atoms with Crippen LogP contribution in [0, 0.1) is 5.92 Å². The molecule has 2 fully saturated rings. The second-order valence-corrected chi connectivity index (χ2v) is 4.95. The van der Waals surface area contributed by atoms with Gasteiger partial charge in [0.15, 0.2) is 0 Å². The van der Waals surface area contributed by atoms with Crippen LogP contribution in [-0.2, 0) is 19.0 Å². The third-order valence-corrected chi connectivity index (χ3v) is 3.67. The Labute approximate surface area is 103 Å². The Kier molecular flexibility index (Phi) is 4.95. The van der Waals surface area contributed by atoms with Crippen LogP contribution in [0.15, 0.2) is 0 Å². The van der Waals surface area contributed by atoms with E-state index in [1.807, 2.05) is 0 Å². The number of ether oxygens (including phenoxy) is 3. The molecule has 0 spiro atoms. The summed E-state index contributed by atoms with van der Waals surface area (Å²) in [5.74, 6) is 0.565. The molecule has 0 aliphatic carbocycles. The highest BCUT2D eigenvalue weighted by Gasteiger charge is 2.37. The highest BCUT2D eigenvalue weighted by atomic mass is 16.5. The summed E-state index contributed by atoms with van der Waals surface area (Å²) >= 11 is 0. The highest BCUT2D eigenvalue weighted by Crippen LogP contribution is 2.36. The first-order chi connectivity index (χ1) is 8.29. The fourth-order valence-corrected chi connectivity index (χ4v) is 2.74. The third kappa shape index (κ3) is 3.76. The second-order valence-electron chi connectivity index (χ2n) is 4.95. The van der Waals surface area contributed by atoms with Crippen molar-refractivity contribution in [1.82, 2.24) is 0 Å². The lowest BCUT2D eigenvalue weighted by Gasteiger charge is -2.27. The molecule has 2 saturated heterocycles. The average Bonchev–Trinajstić information content (AvgIpc) is 2.67. The lowest BCUT2D eigenvalue weighted by Crippen LogP contribution is -2.30. The quantitative estimate of drug-likeness (QED) is 0.636. The number of rotatable bonds is 7. The molecule has 4 nitrogen and oxygen atoms in total. The summed E-state index contributed by atoms with van der Waals surface area (Å²) < 4.78 is 15.9. The summed E-state index contributed by atoms with van der Waals surface area (Å²) in [6.45, 7) is 1.69. The van der Waals surface area contributed by atoms with Gasteiger partial charge < -0.3 is 14.2 Å². The number of ketones is 1. The standard InChI is InChI=1S/C13H22O4/c1-15-6-7-16-5-4-13(14)10-8-11-2-3-12(9-10)17-11/h10-12H,2-9H2,1H3. The van der Waals surface area contributed by atoms with E-state index in [9.17, 15) is 4.79 Å². The first-order valence-electron chi connectivity index (χ1n) is 6.54. The first kappa shape index (κ1) is 13.0. The van der Waals surface area contributed by atoms with Crippen LogP contribution >= 0.6 is 0 Å². The zero-order valence-electron chi connectivity index (χ0n) is 10.5. The fourth-order valence-electron chi connectivity index (χ4n) is 2.74. The van der Waals surface area contributed by atoms with Gasteiger partial charge in [0.2, 0.25) is 0 Å². The Morgan fingerprint density at radius 3 is 2.53 bits per heavy atom. The molecule has 17 heavy (non-hydrogen) atoms. The predicted molar refractivity (Wildman–Crippen MR) is 62.9 cm³/mol. The van der Waals surface area contributed by atoms with E-state index in [1.54, 1.807) is 7.11 Å². The van der Waals surface area contributed by atoms with Crippen molar-refractivity contribution in [2.45, 2.75) is 44.3 Å². The molecule has 2 heterocycles. The van der Waals surface area contributed by atoms with Crippen LogP contribution in [0.1, 0.15) is 32.1 Å². The minimum Gasteiger partial charge on any atom is -0.382 e. The zero-order valence-corrected chi connectivity index (χ0v) is 10.5. The number of hydrogen-bond donors (Lipinski definition) is 0. The maximum absolute atomic E-state index is 12.0. The number of methoxy groups -OCH3 is 1. The van der Waals surface area contributed by atoms with Crippen LogP contribution in [0.4, 0.5) is 0 Å². The van der Waals surface area contributed by atoms with Gasteiger partial charge in [-0.2, -0.15) is 0 Å². The fraction of sp³-hybridized carbons (Fsp3) is 0.923. The van der Waals surface area contributed by atoms with Crippen LogP contribution in [-0.4, -0.2) is 44.9 Å². The van der Waals surface area contributed by atoms with Gasteiger partial charge >= 0.3 is 0 Å². The molecule has 4 heteroatoms. The number of carbonyl (C=O) groups excluding carboxylic acids is 1. The molecule has 2 unspecified atom stereocenters. The smallest absolute Gasteiger partial charge is 0.138 e. The molecule has 2 aliphatic rings. The Morgan fingerprint density at radius 1 is 1.18 bits per heavy atom. The van der Waals surface area contributed by atoms with Gasteiger partial charge in [-0.15, -0.1) is 0 Å². The number of Topliss-reactive ketones (excluding diaryl/α,β-unsaturated/α-hetero) is 1. The van der Waals surface area contributed by atoms with Gasteiger partial charge in [-0.05, 0) is 25.7 Å². The lowest BCUT2D eigenvalue weighted by molar-refractivity contribution is -0.129. The summed E-state index contributed by atoms with van der Waals surface area (Å²) in [5.41, 5.74) is 0. The van der Waals surface area contributed by atoms with Crippen molar-refractivity contribution in [3.05, 3.63) is 0 Å². The molecule has 0 aromatic heterocycles. The molecule has 0 aromatic carbocycles. The first-order valence-corrected chi connectivity index (χ1v) is 6.54. The van der Waals surface area contributed by atoms with Crippen LogP contribution in [0.25, 0.3) is 0 Å². The molecule has 2 bridgehead atoms. The highest BCUT2D eigenvalue weighted by molar-refractivity contribution is 5.81. The predicted octanol–water partition coefficient (Wildman–Crippen LogP) is 1.57. The van der Waals surface area contributed by atoms with Crippen LogP contribution < -0.4 is 0 Å². The SMILES string of the molecule is COCCOCCC(=O)C1CC2CCC(C1)O2. The molecule has 0 aromatic rings. The van der Waals surface area contributed by atoms with E-state index in [0.717, 1.165) is 25.7 Å². The minimum atomic E-state index is 0.215. The van der Waals surface area contributed by atoms with E-state index in [-0.39, 0.29) is 5.92 Å². The summed E-state index contributed by atoms with van der Waals surface area (Å²) in [7, 11) is 1.65. The van der Waals surface area contributed by atoms with Gasteiger partial charge in [0.05, 0.1) is 32.0 Å². The Balaban J connectivity index is 1.63. The van der Waals surface area contributed by atoms with E-state index >= 15 is 0 Å². The molecule has 0 saturated carbocycles. The summed E-state index contributed by atoms with van der Waals surface area (Å²) in [5, 5.41) is 0. The minimum absolute atomic E-state index is 0.215. The number of fused-ring (bicyclic) bond motifs is 2. The van der Waals surface area contributed by atoms with E-state index in [0.29, 0.717) is 44.2 Å². The Morgan fingerprint density at radius 2 is 1.88 bits per heavy atom. The molecule has 2 aliphatic heterocycles. The molecule has 0 amide bonds. The van der Waals surface area contributed by atoms with Gasteiger partial charge in [0.1, 0.15) is 5.78 Å².